The summed E-state index contributed by atoms with van der Waals surface area (Å²) in [7, 11) is 0. The predicted molar refractivity (Wildman–Crippen MR) is 60.9 cm³/mol. The zero-order valence-electron chi connectivity index (χ0n) is 8.40. The molecule has 1 aromatic heterocycles. The van der Waals surface area contributed by atoms with Crippen LogP contribution in [0.15, 0.2) is 16.5 Å². The van der Waals surface area contributed by atoms with Crippen LogP contribution in [0, 0.1) is 11.3 Å². The maximum atomic E-state index is 8.46. The molecule has 0 saturated carbocycles. The molecule has 1 unspecified atom stereocenters. The fourth-order valence-electron chi connectivity index (χ4n) is 0.923. The van der Waals surface area contributed by atoms with E-state index in [2.05, 4.69) is 0 Å². The topological polar surface area (TPSA) is 46.2 Å². The Labute approximate surface area is 98.3 Å². The highest BCUT2D eigenvalue weighted by Crippen LogP contribution is 2.18. The largest absolute Gasteiger partial charge is 0.449 e. The fraction of sp³-hybridized carbons (Fsp3) is 0.500. The minimum atomic E-state index is -0.330. The van der Waals surface area contributed by atoms with Crippen LogP contribution < -0.4 is 0 Å². The first-order valence-electron chi connectivity index (χ1n) is 4.55. The third-order valence-corrected chi connectivity index (χ3v) is 2.80. The first kappa shape index (κ1) is 12.4. The highest BCUT2D eigenvalue weighted by Gasteiger charge is 2.01. The van der Waals surface area contributed by atoms with E-state index in [-0.39, 0.29) is 6.10 Å². The van der Waals surface area contributed by atoms with Gasteiger partial charge in [-0.15, -0.1) is 0 Å². The summed E-state index contributed by atoms with van der Waals surface area (Å²) < 4.78 is 10.4. The zero-order valence-corrected chi connectivity index (χ0v) is 9.98. The van der Waals surface area contributed by atoms with Crippen LogP contribution in [0.3, 0.4) is 0 Å². The second kappa shape index (κ2) is 6.78. The van der Waals surface area contributed by atoms with Crippen molar-refractivity contribution in [3.8, 4) is 6.07 Å². The lowest BCUT2D eigenvalue weighted by molar-refractivity contribution is 0.117. The first-order valence-corrected chi connectivity index (χ1v) is 6.09. The van der Waals surface area contributed by atoms with Gasteiger partial charge in [0.05, 0.1) is 18.4 Å². The average molecular weight is 246 g/mol. The molecule has 0 amide bonds. The third kappa shape index (κ3) is 5.12. The maximum Gasteiger partial charge on any atom is 0.193 e. The van der Waals surface area contributed by atoms with Gasteiger partial charge in [0.2, 0.25) is 0 Å². The number of ether oxygens (including phenoxy) is 1. The number of nitrogens with zero attached hydrogens (tertiary/aromatic N) is 1. The summed E-state index contributed by atoms with van der Waals surface area (Å²) in [5.41, 5.74) is 0. The van der Waals surface area contributed by atoms with E-state index in [1.807, 2.05) is 12.1 Å². The molecule has 0 aliphatic heterocycles. The molecule has 0 saturated heterocycles. The molecule has 5 heteroatoms. The lowest BCUT2D eigenvalue weighted by Gasteiger charge is -2.03. The number of hydrogen-bond acceptors (Lipinski definition) is 4. The Morgan fingerprint density at radius 3 is 3.07 bits per heavy atom. The third-order valence-electron chi connectivity index (χ3n) is 1.65. The van der Waals surface area contributed by atoms with E-state index in [0.29, 0.717) is 11.8 Å². The summed E-state index contributed by atoms with van der Waals surface area (Å²) in [5, 5.41) is 8.88. The number of nitriles is 1. The minimum absolute atomic E-state index is 0.330. The van der Waals surface area contributed by atoms with Gasteiger partial charge < -0.3 is 9.15 Å². The van der Waals surface area contributed by atoms with E-state index in [0.717, 1.165) is 17.3 Å². The van der Waals surface area contributed by atoms with Crippen LogP contribution in [0.4, 0.5) is 0 Å². The van der Waals surface area contributed by atoms with Gasteiger partial charge in [-0.05, 0) is 30.7 Å². The van der Waals surface area contributed by atoms with Crippen LogP contribution in [-0.4, -0.2) is 18.5 Å². The second-order valence-corrected chi connectivity index (χ2v) is 4.38. The van der Waals surface area contributed by atoms with Gasteiger partial charge in [-0.25, -0.2) is 0 Å². The Hall–Kier alpha value is -0.630. The van der Waals surface area contributed by atoms with Crippen molar-refractivity contribution in [2.24, 2.45) is 0 Å². The van der Waals surface area contributed by atoms with Gasteiger partial charge in [0.25, 0.3) is 0 Å². The summed E-state index contributed by atoms with van der Waals surface area (Å²) in [6.07, 6.45) is -0.330. The molecule has 0 aliphatic rings. The highest BCUT2D eigenvalue weighted by atomic mass is 35.5. The van der Waals surface area contributed by atoms with Crippen molar-refractivity contribution in [2.75, 3.05) is 12.4 Å². The average Bonchev–Trinajstić information content (AvgIpc) is 2.63. The maximum absolute atomic E-state index is 8.46. The summed E-state index contributed by atoms with van der Waals surface area (Å²) in [4.78, 5) is 0. The van der Waals surface area contributed by atoms with Crippen molar-refractivity contribution in [2.45, 2.75) is 18.8 Å². The van der Waals surface area contributed by atoms with Crippen molar-refractivity contribution in [3.63, 3.8) is 0 Å². The van der Waals surface area contributed by atoms with Gasteiger partial charge in [0.15, 0.2) is 5.22 Å². The number of halogens is 1. The lowest BCUT2D eigenvalue weighted by atomic mass is 10.5. The van der Waals surface area contributed by atoms with Gasteiger partial charge in [-0.3, -0.25) is 0 Å². The summed E-state index contributed by atoms with van der Waals surface area (Å²) >= 11 is 7.31. The van der Waals surface area contributed by atoms with Crippen LogP contribution in [-0.2, 0) is 10.5 Å². The molecule has 0 fully saturated rings. The van der Waals surface area contributed by atoms with Crippen LogP contribution in [0.2, 0.25) is 5.22 Å². The van der Waals surface area contributed by atoms with Crippen LogP contribution in [0.25, 0.3) is 0 Å². The van der Waals surface area contributed by atoms with Crippen molar-refractivity contribution in [3.05, 3.63) is 23.1 Å². The van der Waals surface area contributed by atoms with Crippen molar-refractivity contribution in [1.29, 1.82) is 5.26 Å². The smallest absolute Gasteiger partial charge is 0.193 e. The van der Waals surface area contributed by atoms with Gasteiger partial charge in [0.1, 0.15) is 11.9 Å². The SMILES string of the molecule is CC(C#N)OCCSCc1ccc(Cl)o1. The van der Waals surface area contributed by atoms with Gasteiger partial charge in [0, 0.05) is 5.75 Å². The predicted octanol–water partition coefficient (Wildman–Crippen LogP) is 3.09. The molecule has 0 aliphatic carbocycles. The van der Waals surface area contributed by atoms with Crippen LogP contribution in [0.1, 0.15) is 12.7 Å². The summed E-state index contributed by atoms with van der Waals surface area (Å²) in [5.74, 6) is 2.47. The fourth-order valence-corrected chi connectivity index (χ4v) is 1.80. The van der Waals surface area contributed by atoms with E-state index in [1.165, 1.54) is 0 Å². The molecule has 1 atom stereocenters. The zero-order chi connectivity index (χ0) is 11.1. The van der Waals surface area contributed by atoms with Crippen molar-refractivity contribution < 1.29 is 9.15 Å². The Morgan fingerprint density at radius 1 is 1.67 bits per heavy atom. The number of thioether (sulfide) groups is 1. The van der Waals surface area contributed by atoms with Crippen LogP contribution >= 0.6 is 23.4 Å². The Morgan fingerprint density at radius 2 is 2.47 bits per heavy atom. The number of rotatable bonds is 6. The van der Waals surface area contributed by atoms with E-state index >= 15 is 0 Å². The molecule has 15 heavy (non-hydrogen) atoms. The lowest BCUT2D eigenvalue weighted by Crippen LogP contribution is -2.07. The highest BCUT2D eigenvalue weighted by molar-refractivity contribution is 7.98. The molecular formula is C10H12ClNO2S. The van der Waals surface area contributed by atoms with Gasteiger partial charge >= 0.3 is 0 Å². The molecule has 1 rings (SSSR count). The number of furan rings is 1. The van der Waals surface area contributed by atoms with Crippen molar-refractivity contribution in [1.82, 2.24) is 0 Å². The molecule has 0 spiro atoms. The number of hydrogen-bond donors (Lipinski definition) is 0. The molecule has 0 N–H and O–H groups in total. The molecule has 0 radical (unpaired) electrons. The van der Waals surface area contributed by atoms with E-state index in [9.17, 15) is 0 Å². The van der Waals surface area contributed by atoms with Crippen LogP contribution in [0.5, 0.6) is 0 Å². The standard InChI is InChI=1S/C10H12ClNO2S/c1-8(6-12)13-4-5-15-7-9-2-3-10(11)14-9/h2-3,8H,4-5,7H2,1H3. The summed E-state index contributed by atoms with van der Waals surface area (Å²) in [6.45, 7) is 2.31. The first-order chi connectivity index (χ1) is 7.22. The Bertz CT molecular complexity index is 334. The molecule has 0 bridgehead atoms. The quantitative estimate of drug-likeness (QED) is 0.723. The molecule has 82 valence electrons. The van der Waals surface area contributed by atoms with E-state index in [4.69, 9.17) is 26.0 Å². The van der Waals surface area contributed by atoms with Gasteiger partial charge in [-0.1, -0.05) is 0 Å². The molecule has 0 aromatic carbocycles. The van der Waals surface area contributed by atoms with E-state index in [1.54, 1.807) is 24.8 Å². The molecule has 1 heterocycles. The monoisotopic (exact) mass is 245 g/mol. The van der Waals surface area contributed by atoms with Crippen molar-refractivity contribution >= 4 is 23.4 Å². The molecular weight excluding hydrogens is 234 g/mol. The Kier molecular flexibility index (Phi) is 5.62. The molecule has 1 aromatic rings. The molecule has 3 nitrogen and oxygen atoms in total. The minimum Gasteiger partial charge on any atom is -0.449 e. The second-order valence-electron chi connectivity index (χ2n) is 2.90. The van der Waals surface area contributed by atoms with E-state index < -0.39 is 0 Å². The Balaban J connectivity index is 2.05. The summed E-state index contributed by atoms with van der Waals surface area (Å²) in [6, 6.07) is 5.59. The van der Waals surface area contributed by atoms with Gasteiger partial charge in [-0.2, -0.15) is 17.0 Å². The normalized spacial score (nSPS) is 12.3.